The third-order valence-electron chi connectivity index (χ3n) is 4.29. The molecule has 2 heterocycles. The number of anilines is 2. The minimum Gasteiger partial charge on any atom is -0.324 e. The molecule has 1 unspecified atom stereocenters. The highest BCUT2D eigenvalue weighted by Crippen LogP contribution is 2.27. The van der Waals surface area contributed by atoms with Crippen molar-refractivity contribution in [3.63, 3.8) is 0 Å². The highest BCUT2D eigenvalue weighted by atomic mass is 19.1. The molecule has 132 valence electrons. The Kier molecular flexibility index (Phi) is 3.87. The largest absolute Gasteiger partial charge is 0.324 e. The minimum atomic E-state index is -0.775. The highest BCUT2D eigenvalue weighted by molar-refractivity contribution is 6.03. The molecule has 8 heteroatoms. The fourth-order valence-electron chi connectivity index (χ4n) is 3.06. The van der Waals surface area contributed by atoms with Crippen molar-refractivity contribution in [2.24, 2.45) is 5.92 Å². The zero-order valence-electron chi connectivity index (χ0n) is 13.5. The molecular weight excluding hydrogens is 342 g/mol. The van der Waals surface area contributed by atoms with Crippen molar-refractivity contribution in [2.45, 2.75) is 6.42 Å². The van der Waals surface area contributed by atoms with Crippen molar-refractivity contribution in [1.82, 2.24) is 9.97 Å². The van der Waals surface area contributed by atoms with E-state index in [9.17, 15) is 18.4 Å². The lowest BCUT2D eigenvalue weighted by molar-refractivity contribution is -0.122. The molecule has 1 saturated heterocycles. The zero-order chi connectivity index (χ0) is 18.3. The van der Waals surface area contributed by atoms with Crippen molar-refractivity contribution in [1.29, 1.82) is 0 Å². The molecule has 0 aliphatic carbocycles. The summed E-state index contributed by atoms with van der Waals surface area (Å²) in [7, 11) is 0. The van der Waals surface area contributed by atoms with Crippen molar-refractivity contribution in [3.8, 4) is 0 Å². The first kappa shape index (κ1) is 16.2. The van der Waals surface area contributed by atoms with Gasteiger partial charge in [-0.1, -0.05) is 12.1 Å². The first-order valence-electron chi connectivity index (χ1n) is 8.01. The first-order valence-corrected chi connectivity index (χ1v) is 8.01. The van der Waals surface area contributed by atoms with E-state index in [2.05, 4.69) is 15.3 Å². The quantitative estimate of drug-likeness (QED) is 0.757. The van der Waals surface area contributed by atoms with Gasteiger partial charge in [0, 0.05) is 24.7 Å². The second-order valence-corrected chi connectivity index (χ2v) is 6.12. The molecule has 1 atom stereocenters. The Morgan fingerprint density at radius 1 is 1.19 bits per heavy atom. The number of fused-ring (bicyclic) bond motifs is 1. The molecule has 2 aromatic carbocycles. The summed E-state index contributed by atoms with van der Waals surface area (Å²) in [6, 6.07) is 10.2. The number of para-hydroxylation sites is 2. The van der Waals surface area contributed by atoms with Gasteiger partial charge in [-0.15, -0.1) is 0 Å². The maximum Gasteiger partial charge on any atom is 0.232 e. The predicted molar refractivity (Wildman–Crippen MR) is 91.5 cm³/mol. The fourth-order valence-corrected chi connectivity index (χ4v) is 3.06. The molecule has 0 saturated carbocycles. The molecule has 0 bridgehead atoms. The molecular formula is C18H14F2N4O2. The van der Waals surface area contributed by atoms with E-state index in [0.717, 1.165) is 23.7 Å². The normalized spacial score (nSPS) is 17.1. The smallest absolute Gasteiger partial charge is 0.232 e. The number of hydrogen-bond acceptors (Lipinski definition) is 3. The van der Waals surface area contributed by atoms with Gasteiger partial charge in [0.15, 0.2) is 0 Å². The summed E-state index contributed by atoms with van der Waals surface area (Å²) in [5.41, 5.74) is 1.59. The Morgan fingerprint density at radius 3 is 2.65 bits per heavy atom. The fraction of sp³-hybridized carbons (Fsp3) is 0.167. The molecule has 4 rings (SSSR count). The summed E-state index contributed by atoms with van der Waals surface area (Å²) in [6.07, 6.45) is -0.0375. The van der Waals surface area contributed by atoms with Crippen molar-refractivity contribution in [2.75, 3.05) is 16.8 Å². The maximum absolute atomic E-state index is 13.4. The molecule has 1 aliphatic rings. The number of halogens is 2. The van der Waals surface area contributed by atoms with E-state index in [0.29, 0.717) is 11.5 Å². The Labute approximate surface area is 146 Å². The Morgan fingerprint density at radius 2 is 1.92 bits per heavy atom. The summed E-state index contributed by atoms with van der Waals surface area (Å²) >= 11 is 0. The number of carbonyl (C=O) groups excluding carboxylic acids is 2. The van der Waals surface area contributed by atoms with Crippen molar-refractivity contribution < 1.29 is 18.4 Å². The molecule has 1 aromatic heterocycles. The number of aromatic amines is 1. The van der Waals surface area contributed by atoms with E-state index in [-0.39, 0.29) is 30.5 Å². The maximum atomic E-state index is 13.4. The summed E-state index contributed by atoms with van der Waals surface area (Å²) in [4.78, 5) is 33.1. The van der Waals surface area contributed by atoms with Crippen LogP contribution < -0.4 is 10.2 Å². The average Bonchev–Trinajstić information content (AvgIpc) is 3.16. The monoisotopic (exact) mass is 356 g/mol. The zero-order valence-corrected chi connectivity index (χ0v) is 13.5. The Balaban J connectivity index is 1.50. The molecule has 1 aliphatic heterocycles. The van der Waals surface area contributed by atoms with Gasteiger partial charge >= 0.3 is 0 Å². The predicted octanol–water partition coefficient (Wildman–Crippen LogP) is 2.83. The number of carbonyl (C=O) groups is 2. The molecule has 2 N–H and O–H groups in total. The van der Waals surface area contributed by atoms with Crippen LogP contribution in [0.15, 0.2) is 42.5 Å². The number of amides is 2. The number of nitrogens with one attached hydrogen (secondary N) is 2. The van der Waals surface area contributed by atoms with Gasteiger partial charge in [0.1, 0.15) is 11.6 Å². The lowest BCUT2D eigenvalue weighted by atomic mass is 10.1. The molecule has 26 heavy (non-hydrogen) atoms. The van der Waals surface area contributed by atoms with E-state index in [1.165, 1.54) is 4.90 Å². The van der Waals surface area contributed by atoms with Gasteiger partial charge < -0.3 is 9.88 Å². The van der Waals surface area contributed by atoms with Gasteiger partial charge in [-0.2, -0.15) is 0 Å². The van der Waals surface area contributed by atoms with Gasteiger partial charge in [-0.25, -0.2) is 13.8 Å². The standard InChI is InChI=1S/C18H14F2N4O2/c19-11-6-12(20)8-13(7-11)24-9-10(5-16(24)25)17(26)23-18-21-14-3-1-2-4-15(14)22-18/h1-4,6-8,10H,5,9H2,(H2,21,22,23,26). The first-order chi connectivity index (χ1) is 12.5. The molecule has 3 aromatic rings. The summed E-state index contributed by atoms with van der Waals surface area (Å²) in [5, 5.41) is 2.66. The molecule has 0 radical (unpaired) electrons. The number of rotatable bonds is 3. The van der Waals surface area contributed by atoms with Gasteiger partial charge in [0.05, 0.1) is 17.0 Å². The number of nitrogens with zero attached hydrogens (tertiary/aromatic N) is 2. The van der Waals surface area contributed by atoms with Crippen LogP contribution in [0.1, 0.15) is 6.42 Å². The molecule has 1 fully saturated rings. The van der Waals surface area contributed by atoms with Crippen LogP contribution in [0.25, 0.3) is 11.0 Å². The summed E-state index contributed by atoms with van der Waals surface area (Å²) in [6.45, 7) is 0.0494. The summed E-state index contributed by atoms with van der Waals surface area (Å²) < 4.78 is 26.8. The van der Waals surface area contributed by atoms with E-state index in [4.69, 9.17) is 0 Å². The van der Waals surface area contributed by atoms with Crippen molar-refractivity contribution in [3.05, 3.63) is 54.1 Å². The summed E-state index contributed by atoms with van der Waals surface area (Å²) in [5.74, 6) is -2.64. The number of aromatic nitrogens is 2. The number of H-pyrrole nitrogens is 1. The van der Waals surface area contributed by atoms with Crippen LogP contribution in [0.3, 0.4) is 0 Å². The van der Waals surface area contributed by atoms with Gasteiger partial charge in [-0.05, 0) is 24.3 Å². The third kappa shape index (κ3) is 3.01. The van der Waals surface area contributed by atoms with E-state index in [1.54, 1.807) is 6.07 Å². The van der Waals surface area contributed by atoms with Crippen LogP contribution in [0.4, 0.5) is 20.4 Å². The number of benzene rings is 2. The number of hydrogen-bond donors (Lipinski definition) is 2. The molecule has 0 spiro atoms. The lowest BCUT2D eigenvalue weighted by Crippen LogP contribution is -2.28. The van der Waals surface area contributed by atoms with Crippen LogP contribution >= 0.6 is 0 Å². The minimum absolute atomic E-state index is 0.0375. The Bertz CT molecular complexity index is 964. The average molecular weight is 356 g/mol. The van der Waals surface area contributed by atoms with Crippen LogP contribution in [0.5, 0.6) is 0 Å². The van der Waals surface area contributed by atoms with Crippen LogP contribution in [-0.4, -0.2) is 28.3 Å². The highest BCUT2D eigenvalue weighted by Gasteiger charge is 2.35. The van der Waals surface area contributed by atoms with Gasteiger partial charge in [0.25, 0.3) is 0 Å². The van der Waals surface area contributed by atoms with Crippen LogP contribution in [0, 0.1) is 17.6 Å². The third-order valence-corrected chi connectivity index (χ3v) is 4.29. The molecule has 6 nitrogen and oxygen atoms in total. The van der Waals surface area contributed by atoms with Crippen molar-refractivity contribution >= 4 is 34.5 Å². The second-order valence-electron chi connectivity index (χ2n) is 6.12. The van der Waals surface area contributed by atoms with Gasteiger partial charge in [0.2, 0.25) is 17.8 Å². The topological polar surface area (TPSA) is 78.1 Å². The molecule has 2 amide bonds. The van der Waals surface area contributed by atoms with Crippen LogP contribution in [-0.2, 0) is 9.59 Å². The van der Waals surface area contributed by atoms with E-state index < -0.39 is 17.6 Å². The van der Waals surface area contributed by atoms with Gasteiger partial charge in [-0.3, -0.25) is 14.9 Å². The van der Waals surface area contributed by atoms with E-state index in [1.807, 2.05) is 18.2 Å². The SMILES string of the molecule is O=C(Nc1nc2ccccc2[nH]1)C1CC(=O)N(c2cc(F)cc(F)c2)C1. The number of imidazole rings is 1. The Hall–Kier alpha value is -3.29. The lowest BCUT2D eigenvalue weighted by Gasteiger charge is -2.16. The second kappa shape index (κ2) is 6.21. The van der Waals surface area contributed by atoms with Crippen LogP contribution in [0.2, 0.25) is 0 Å². The van der Waals surface area contributed by atoms with E-state index >= 15 is 0 Å².